The Bertz CT molecular complexity index is 785. The molecule has 0 saturated carbocycles. The lowest BCUT2D eigenvalue weighted by Crippen LogP contribution is -2.38. The summed E-state index contributed by atoms with van der Waals surface area (Å²) < 4.78 is 23.0. The molecule has 1 aromatic carbocycles. The molecule has 0 atom stereocenters. The van der Waals surface area contributed by atoms with Crippen LogP contribution in [0.15, 0.2) is 29.2 Å². The van der Waals surface area contributed by atoms with E-state index in [1.165, 1.54) is 12.1 Å². The average Bonchev–Trinajstić information content (AvgIpc) is 2.61. The van der Waals surface area contributed by atoms with Gasteiger partial charge in [0.15, 0.2) is 15.6 Å². The highest BCUT2D eigenvalue weighted by molar-refractivity contribution is 7.90. The number of nitrogens with zero attached hydrogens (tertiary/aromatic N) is 1. The summed E-state index contributed by atoms with van der Waals surface area (Å²) in [7, 11) is -3.24. The SMILES string of the molecule is CC(C)(C)C(=O)ON1CCC(CCCC(=O)c2ccc(S(C)(=O)=O)cc2)CC1. The molecule has 1 heterocycles. The number of carbonyl (C=O) groups is 2. The van der Waals surface area contributed by atoms with Gasteiger partial charge in [-0.1, -0.05) is 12.1 Å². The number of benzene rings is 1. The zero-order chi connectivity index (χ0) is 20.9. The van der Waals surface area contributed by atoms with Crippen molar-refractivity contribution in [2.75, 3.05) is 19.3 Å². The van der Waals surface area contributed by atoms with Crippen LogP contribution in [0.5, 0.6) is 0 Å². The number of carbonyl (C=O) groups excluding carboxylic acids is 2. The van der Waals surface area contributed by atoms with Gasteiger partial charge in [-0.05, 0) is 64.5 Å². The first-order chi connectivity index (χ1) is 13.0. The summed E-state index contributed by atoms with van der Waals surface area (Å²) in [6.45, 7) is 6.98. The van der Waals surface area contributed by atoms with E-state index in [9.17, 15) is 18.0 Å². The predicted octanol–water partition coefficient (Wildman–Crippen LogP) is 3.66. The maximum atomic E-state index is 12.3. The smallest absolute Gasteiger partial charge is 0.330 e. The van der Waals surface area contributed by atoms with Crippen molar-refractivity contribution in [3.05, 3.63) is 29.8 Å². The fraction of sp³-hybridized carbons (Fsp3) is 0.619. The first kappa shape index (κ1) is 22.6. The van der Waals surface area contributed by atoms with E-state index in [0.29, 0.717) is 17.9 Å². The number of hydroxylamine groups is 2. The second-order valence-electron chi connectivity index (χ2n) is 8.61. The van der Waals surface area contributed by atoms with Crippen molar-refractivity contribution in [2.24, 2.45) is 11.3 Å². The van der Waals surface area contributed by atoms with Crippen LogP contribution in [-0.2, 0) is 19.5 Å². The Morgan fingerprint density at radius 3 is 2.18 bits per heavy atom. The third kappa shape index (κ3) is 6.71. The standard InChI is InChI=1S/C21H31NO5S/c1-21(2,3)20(24)27-22-14-12-16(13-15-22)6-5-7-19(23)17-8-10-18(11-9-17)28(4,25)26/h8-11,16H,5-7,12-15H2,1-4H3. The van der Waals surface area contributed by atoms with Crippen molar-refractivity contribution in [1.29, 1.82) is 0 Å². The van der Waals surface area contributed by atoms with Crippen LogP contribution in [-0.4, -0.2) is 44.6 Å². The summed E-state index contributed by atoms with van der Waals surface area (Å²) in [6, 6.07) is 6.13. The molecule has 7 heteroatoms. The van der Waals surface area contributed by atoms with Crippen molar-refractivity contribution < 1.29 is 22.8 Å². The largest absolute Gasteiger partial charge is 0.367 e. The van der Waals surface area contributed by atoms with E-state index in [1.54, 1.807) is 17.2 Å². The third-order valence-corrected chi connectivity index (χ3v) is 6.15. The lowest BCUT2D eigenvalue weighted by molar-refractivity contribution is -0.206. The van der Waals surface area contributed by atoms with Gasteiger partial charge in [0.1, 0.15) is 0 Å². The zero-order valence-electron chi connectivity index (χ0n) is 17.2. The Labute approximate surface area is 168 Å². The highest BCUT2D eigenvalue weighted by Crippen LogP contribution is 2.25. The van der Waals surface area contributed by atoms with Crippen LogP contribution in [0.3, 0.4) is 0 Å². The summed E-state index contributed by atoms with van der Waals surface area (Å²) in [5.74, 6) is 0.361. The van der Waals surface area contributed by atoms with Gasteiger partial charge in [-0.25, -0.2) is 13.2 Å². The molecule has 0 aromatic heterocycles. The highest BCUT2D eigenvalue weighted by atomic mass is 32.2. The first-order valence-electron chi connectivity index (χ1n) is 9.77. The van der Waals surface area contributed by atoms with Gasteiger partial charge >= 0.3 is 5.97 Å². The maximum Gasteiger partial charge on any atom is 0.330 e. The topological polar surface area (TPSA) is 80.8 Å². The van der Waals surface area contributed by atoms with Gasteiger partial charge in [0.25, 0.3) is 0 Å². The molecule has 1 aromatic rings. The zero-order valence-corrected chi connectivity index (χ0v) is 18.0. The van der Waals surface area contributed by atoms with Crippen molar-refractivity contribution in [2.45, 2.75) is 57.8 Å². The van der Waals surface area contributed by atoms with Gasteiger partial charge in [-0.3, -0.25) is 4.79 Å². The van der Waals surface area contributed by atoms with Crippen LogP contribution in [0.2, 0.25) is 0 Å². The van der Waals surface area contributed by atoms with E-state index in [2.05, 4.69) is 0 Å². The number of piperidine rings is 1. The number of sulfone groups is 1. The van der Waals surface area contributed by atoms with Gasteiger partial charge in [0.2, 0.25) is 0 Å². The highest BCUT2D eigenvalue weighted by Gasteiger charge is 2.28. The van der Waals surface area contributed by atoms with Crippen LogP contribution in [0.1, 0.15) is 63.2 Å². The second kappa shape index (κ2) is 9.18. The van der Waals surface area contributed by atoms with Crippen molar-refractivity contribution in [1.82, 2.24) is 5.06 Å². The van der Waals surface area contributed by atoms with Crippen LogP contribution in [0, 0.1) is 11.3 Å². The van der Waals surface area contributed by atoms with Gasteiger partial charge in [0, 0.05) is 31.3 Å². The molecule has 156 valence electrons. The summed E-state index contributed by atoms with van der Waals surface area (Å²) in [5, 5.41) is 1.75. The van der Waals surface area contributed by atoms with Gasteiger partial charge in [0.05, 0.1) is 10.3 Å². The molecule has 1 aliphatic rings. The maximum absolute atomic E-state index is 12.3. The minimum atomic E-state index is -3.24. The molecule has 1 aliphatic heterocycles. The van der Waals surface area contributed by atoms with E-state index in [-0.39, 0.29) is 16.6 Å². The van der Waals surface area contributed by atoms with Crippen LogP contribution in [0.4, 0.5) is 0 Å². The average molecular weight is 410 g/mol. The van der Waals surface area contributed by atoms with Crippen LogP contribution >= 0.6 is 0 Å². The van der Waals surface area contributed by atoms with E-state index in [4.69, 9.17) is 4.84 Å². The number of hydrogen-bond donors (Lipinski definition) is 0. The van der Waals surface area contributed by atoms with Gasteiger partial charge in [-0.2, -0.15) is 0 Å². The molecule has 0 amide bonds. The van der Waals surface area contributed by atoms with E-state index in [0.717, 1.165) is 45.0 Å². The molecule has 1 fully saturated rings. The van der Waals surface area contributed by atoms with Gasteiger partial charge in [-0.15, -0.1) is 5.06 Å². The molecule has 0 unspecified atom stereocenters. The first-order valence-corrected chi connectivity index (χ1v) is 11.7. The van der Waals surface area contributed by atoms with Crippen molar-refractivity contribution in [3.8, 4) is 0 Å². The molecule has 0 bridgehead atoms. The van der Waals surface area contributed by atoms with E-state index in [1.807, 2.05) is 20.8 Å². The molecule has 0 radical (unpaired) electrons. The minimum Gasteiger partial charge on any atom is -0.367 e. The lowest BCUT2D eigenvalue weighted by Gasteiger charge is -2.32. The molecule has 28 heavy (non-hydrogen) atoms. The summed E-state index contributed by atoms with van der Waals surface area (Å²) in [6.07, 6.45) is 5.29. The minimum absolute atomic E-state index is 0.0385. The normalized spacial score (nSPS) is 16.7. The van der Waals surface area contributed by atoms with Gasteiger partial charge < -0.3 is 4.84 Å². The van der Waals surface area contributed by atoms with Crippen LogP contribution < -0.4 is 0 Å². The number of ketones is 1. The molecule has 0 spiro atoms. The number of rotatable bonds is 7. The third-order valence-electron chi connectivity index (χ3n) is 5.02. The molecule has 1 saturated heterocycles. The second-order valence-corrected chi connectivity index (χ2v) is 10.6. The molecular weight excluding hydrogens is 378 g/mol. The Morgan fingerprint density at radius 1 is 1.11 bits per heavy atom. The summed E-state index contributed by atoms with van der Waals surface area (Å²) >= 11 is 0. The number of Topliss-reactive ketones (excluding diaryl/α,β-unsaturated/α-hetero) is 1. The van der Waals surface area contributed by atoms with Crippen molar-refractivity contribution >= 4 is 21.6 Å². The fourth-order valence-electron chi connectivity index (χ4n) is 3.13. The number of hydrogen-bond acceptors (Lipinski definition) is 6. The Kier molecular flexibility index (Phi) is 7.39. The molecular formula is C21H31NO5S. The monoisotopic (exact) mass is 409 g/mol. The van der Waals surface area contributed by atoms with E-state index < -0.39 is 15.3 Å². The Hall–Kier alpha value is -1.73. The van der Waals surface area contributed by atoms with E-state index >= 15 is 0 Å². The fourth-order valence-corrected chi connectivity index (χ4v) is 3.76. The Morgan fingerprint density at radius 2 is 1.68 bits per heavy atom. The van der Waals surface area contributed by atoms with Crippen LogP contribution in [0.25, 0.3) is 0 Å². The molecule has 6 nitrogen and oxygen atoms in total. The predicted molar refractivity (Wildman–Crippen MR) is 108 cm³/mol. The molecule has 2 rings (SSSR count). The molecule has 0 N–H and O–H groups in total. The summed E-state index contributed by atoms with van der Waals surface area (Å²) in [4.78, 5) is 29.9. The quantitative estimate of drug-likeness (QED) is 0.639. The lowest BCUT2D eigenvalue weighted by atomic mass is 9.91. The molecule has 0 aliphatic carbocycles. The summed E-state index contributed by atoms with van der Waals surface area (Å²) in [5.41, 5.74) is 0.0489. The Balaban J connectivity index is 1.71. The van der Waals surface area contributed by atoms with Crippen molar-refractivity contribution in [3.63, 3.8) is 0 Å².